The number of benzene rings is 2. The minimum absolute atomic E-state index is 0.190. The number of hydrogen-bond acceptors (Lipinski definition) is 11. The van der Waals surface area contributed by atoms with E-state index in [4.69, 9.17) is 9.57 Å². The van der Waals surface area contributed by atoms with Crippen LogP contribution in [0.5, 0.6) is 5.75 Å². The zero-order valence-electron chi connectivity index (χ0n) is 27.8. The number of methoxy groups -OCH3 is 1. The number of piperazine rings is 1. The number of likely N-dealkylation sites (tertiary alicyclic amines) is 1. The number of nitrogens with one attached hydrogen (secondary N) is 3. The number of halogens is 1. The van der Waals surface area contributed by atoms with Gasteiger partial charge in [-0.05, 0) is 68.6 Å². The quantitative estimate of drug-likeness (QED) is 0.267. The number of hydrazine groups is 1. The van der Waals surface area contributed by atoms with Crippen molar-refractivity contribution >= 4 is 34.6 Å². The van der Waals surface area contributed by atoms with E-state index in [1.165, 1.54) is 24.9 Å². The molecule has 2 bridgehead atoms. The van der Waals surface area contributed by atoms with Crippen molar-refractivity contribution in [2.75, 3.05) is 67.5 Å². The van der Waals surface area contributed by atoms with Crippen molar-refractivity contribution in [3.05, 3.63) is 72.3 Å². The molecule has 3 atom stereocenters. The van der Waals surface area contributed by atoms with Crippen LogP contribution in [0.25, 0.3) is 0 Å². The fourth-order valence-corrected chi connectivity index (χ4v) is 7.83. The van der Waals surface area contributed by atoms with Crippen LogP contribution in [0.3, 0.4) is 0 Å². The first-order chi connectivity index (χ1) is 23.3. The first-order valence-corrected chi connectivity index (χ1v) is 16.7. The van der Waals surface area contributed by atoms with Crippen molar-refractivity contribution in [2.45, 2.75) is 56.8 Å². The van der Waals surface area contributed by atoms with Crippen molar-refractivity contribution in [3.8, 4) is 5.75 Å². The van der Waals surface area contributed by atoms with Crippen molar-refractivity contribution in [3.63, 3.8) is 0 Å². The summed E-state index contributed by atoms with van der Waals surface area (Å²) >= 11 is 0. The lowest BCUT2D eigenvalue weighted by Gasteiger charge is -2.60. The zero-order chi connectivity index (χ0) is 33.4. The molecular weight excluding hydrogens is 613 g/mol. The molecule has 0 spiro atoms. The van der Waals surface area contributed by atoms with Gasteiger partial charge in [-0.3, -0.25) is 20.0 Å². The number of piperidine rings is 2. The molecule has 4 aliphatic rings. The van der Waals surface area contributed by atoms with Crippen LogP contribution >= 0.6 is 0 Å². The summed E-state index contributed by atoms with van der Waals surface area (Å²) in [5.74, 6) is 1.09. The fraction of sp³-hybridized carbons (Fsp3) is 0.457. The summed E-state index contributed by atoms with van der Waals surface area (Å²) < 4.78 is 20.1. The van der Waals surface area contributed by atoms with E-state index in [2.05, 4.69) is 47.4 Å². The van der Waals surface area contributed by atoms with Crippen LogP contribution in [0.2, 0.25) is 0 Å². The Labute approximate surface area is 280 Å². The highest BCUT2D eigenvalue weighted by Gasteiger charge is 2.48. The number of ether oxygens (including phenoxy) is 1. The molecule has 0 radical (unpaired) electrons. The Morgan fingerprint density at radius 2 is 1.83 bits per heavy atom. The lowest BCUT2D eigenvalue weighted by atomic mass is 9.84. The SMILES string of the molecule is C=CC(=O)Nc1cc(Nc2cc(N3OCC[C@@H]3c3cc(C)cc(F)c3)ncn2)c(OC)cc1N1CCC(N2C3CC2CN(NC)C3)CC1. The molecule has 48 heavy (non-hydrogen) atoms. The Bertz CT molecular complexity index is 1630. The van der Waals surface area contributed by atoms with E-state index in [-0.39, 0.29) is 17.8 Å². The van der Waals surface area contributed by atoms with E-state index in [9.17, 15) is 9.18 Å². The molecule has 13 heteroatoms. The van der Waals surface area contributed by atoms with Gasteiger partial charge in [0, 0.05) is 62.9 Å². The standard InChI is InChI=1S/C35H44FN9O3/c1-5-35(46)41-28-16-29(40-33-18-34(39-21-38-33)45-30(8-11-48-45)23-12-22(2)13-24(36)14-23)32(47-4)17-31(28)42-9-6-25(7-10-42)44-26-15-27(44)20-43(19-26)37-3/h5,12-14,16-18,21,25-27,30,37H,1,6-11,15,19-20H2,2-4H3,(H,41,46)(H,38,39,40)/t26?,27?,30-/m1/s1. The van der Waals surface area contributed by atoms with Crippen LogP contribution in [-0.4, -0.2) is 90.9 Å². The van der Waals surface area contributed by atoms with E-state index in [1.54, 1.807) is 24.3 Å². The second-order valence-electron chi connectivity index (χ2n) is 13.0. The number of anilines is 5. The highest BCUT2D eigenvalue weighted by molar-refractivity contribution is 6.02. The van der Waals surface area contributed by atoms with Gasteiger partial charge in [-0.15, -0.1) is 0 Å². The third-order valence-corrected chi connectivity index (χ3v) is 10.0. The molecular formula is C35H44FN9O3. The van der Waals surface area contributed by atoms with Crippen LogP contribution in [-0.2, 0) is 9.63 Å². The molecule has 3 N–H and O–H groups in total. The van der Waals surface area contributed by atoms with E-state index in [0.717, 1.165) is 55.8 Å². The zero-order valence-corrected chi connectivity index (χ0v) is 27.8. The predicted octanol–water partition coefficient (Wildman–Crippen LogP) is 4.55. The minimum atomic E-state index is -0.293. The van der Waals surface area contributed by atoms with E-state index >= 15 is 0 Å². The number of aromatic nitrogens is 2. The van der Waals surface area contributed by atoms with Crippen LogP contribution in [0.1, 0.15) is 42.9 Å². The first-order valence-electron chi connectivity index (χ1n) is 16.7. The second-order valence-corrected chi connectivity index (χ2v) is 13.0. The van der Waals surface area contributed by atoms with Gasteiger partial charge in [0.05, 0.1) is 36.8 Å². The normalized spacial score (nSPS) is 23.1. The summed E-state index contributed by atoms with van der Waals surface area (Å²) in [7, 11) is 3.64. The topological polar surface area (TPSA) is 110 Å². The fourth-order valence-electron chi connectivity index (χ4n) is 7.83. The van der Waals surface area contributed by atoms with Gasteiger partial charge >= 0.3 is 0 Å². The summed E-state index contributed by atoms with van der Waals surface area (Å²) in [6.07, 6.45) is 6.83. The molecule has 1 amide bonds. The number of hydroxylamine groups is 1. The predicted molar refractivity (Wildman–Crippen MR) is 184 cm³/mol. The van der Waals surface area contributed by atoms with Gasteiger partial charge in [0.1, 0.15) is 23.7 Å². The number of nitrogens with zero attached hydrogens (tertiary/aromatic N) is 6. The third kappa shape index (κ3) is 6.42. The van der Waals surface area contributed by atoms with Gasteiger partial charge in [0.2, 0.25) is 5.91 Å². The Morgan fingerprint density at radius 1 is 1.04 bits per heavy atom. The van der Waals surface area contributed by atoms with Crippen molar-refractivity contribution in [1.29, 1.82) is 0 Å². The summed E-state index contributed by atoms with van der Waals surface area (Å²) in [5.41, 5.74) is 7.18. The molecule has 2 unspecified atom stereocenters. The molecule has 0 aliphatic carbocycles. The monoisotopic (exact) mass is 657 g/mol. The van der Waals surface area contributed by atoms with Crippen molar-refractivity contribution in [2.24, 2.45) is 0 Å². The molecule has 254 valence electrons. The van der Waals surface area contributed by atoms with Gasteiger partial charge in [-0.1, -0.05) is 12.6 Å². The summed E-state index contributed by atoms with van der Waals surface area (Å²) in [4.78, 5) is 32.5. The second kappa shape index (κ2) is 13.7. The largest absolute Gasteiger partial charge is 0.494 e. The maximum atomic E-state index is 14.3. The Hall–Kier alpha value is -4.30. The number of carbonyl (C=O) groups is 1. The smallest absolute Gasteiger partial charge is 0.247 e. The van der Waals surface area contributed by atoms with Gasteiger partial charge < -0.3 is 20.3 Å². The first kappa shape index (κ1) is 32.3. The molecule has 1 aromatic heterocycles. The highest BCUT2D eigenvalue weighted by Crippen LogP contribution is 2.42. The van der Waals surface area contributed by atoms with Gasteiger partial charge in [-0.2, -0.15) is 0 Å². The van der Waals surface area contributed by atoms with Gasteiger partial charge in [0.25, 0.3) is 0 Å². The average Bonchev–Trinajstić information content (AvgIpc) is 3.59. The van der Waals surface area contributed by atoms with E-state index in [0.29, 0.717) is 59.9 Å². The lowest BCUT2D eigenvalue weighted by molar-refractivity contribution is -0.112. The number of fused-ring (bicyclic) bond motifs is 2. The summed E-state index contributed by atoms with van der Waals surface area (Å²) in [6, 6.07) is 12.3. The number of carbonyl (C=O) groups excluding carboxylic acids is 1. The van der Waals surface area contributed by atoms with Crippen LogP contribution in [0.4, 0.5) is 33.1 Å². The Morgan fingerprint density at radius 3 is 2.54 bits per heavy atom. The van der Waals surface area contributed by atoms with Crippen LogP contribution < -0.4 is 30.8 Å². The maximum absolute atomic E-state index is 14.3. The van der Waals surface area contributed by atoms with Crippen LogP contribution in [0.15, 0.2) is 55.4 Å². The van der Waals surface area contributed by atoms with Crippen molar-refractivity contribution in [1.82, 2.24) is 25.3 Å². The molecule has 2 aromatic carbocycles. The Balaban J connectivity index is 1.10. The minimum Gasteiger partial charge on any atom is -0.494 e. The van der Waals surface area contributed by atoms with Crippen LogP contribution in [0, 0.1) is 12.7 Å². The average molecular weight is 658 g/mol. The van der Waals surface area contributed by atoms with Gasteiger partial charge in [0.15, 0.2) is 5.82 Å². The molecule has 12 nitrogen and oxygen atoms in total. The molecule has 4 saturated heterocycles. The molecule has 5 heterocycles. The summed E-state index contributed by atoms with van der Waals surface area (Å²) in [6.45, 7) is 9.92. The molecule has 0 saturated carbocycles. The molecule has 4 aliphatic heterocycles. The molecule has 4 fully saturated rings. The van der Waals surface area contributed by atoms with Crippen molar-refractivity contribution < 1.29 is 18.8 Å². The number of rotatable bonds is 10. The number of amides is 1. The number of hydrogen-bond donors (Lipinski definition) is 3. The Kier molecular flexibility index (Phi) is 9.19. The molecule has 7 rings (SSSR count). The maximum Gasteiger partial charge on any atom is 0.247 e. The van der Waals surface area contributed by atoms with E-state index in [1.807, 2.05) is 32.2 Å². The lowest BCUT2D eigenvalue weighted by Crippen LogP contribution is -2.73. The highest BCUT2D eigenvalue weighted by atomic mass is 19.1. The number of aryl methyl sites for hydroxylation is 1. The summed E-state index contributed by atoms with van der Waals surface area (Å²) in [5, 5.41) is 10.4. The molecule has 3 aromatic rings. The van der Waals surface area contributed by atoms with E-state index < -0.39 is 0 Å². The third-order valence-electron chi connectivity index (χ3n) is 10.0. The van der Waals surface area contributed by atoms with Gasteiger partial charge in [-0.25, -0.2) is 24.4 Å².